The van der Waals surface area contributed by atoms with Crippen molar-refractivity contribution in [3.8, 4) is 17.3 Å². The van der Waals surface area contributed by atoms with Crippen molar-refractivity contribution in [3.63, 3.8) is 0 Å². The molecule has 2 heterocycles. The zero-order valence-electron chi connectivity index (χ0n) is 12.5. The van der Waals surface area contributed by atoms with E-state index in [1.165, 1.54) is 17.7 Å². The number of rotatable bonds is 2. The van der Waals surface area contributed by atoms with Crippen LogP contribution < -0.4 is 0 Å². The lowest BCUT2D eigenvalue weighted by atomic mass is 10.0. The largest absolute Gasteiger partial charge is 0.359 e. The molecule has 0 unspecified atom stereocenters. The summed E-state index contributed by atoms with van der Waals surface area (Å²) in [6.07, 6.45) is 1.78. The molecule has 24 heavy (non-hydrogen) atoms. The van der Waals surface area contributed by atoms with Crippen molar-refractivity contribution in [2.24, 2.45) is 0 Å². The summed E-state index contributed by atoms with van der Waals surface area (Å²) in [4.78, 5) is 7.87. The first-order valence-corrected chi connectivity index (χ1v) is 8.89. The average molecular weight is 427 g/mol. The molecule has 4 aromatic rings. The Labute approximate surface area is 151 Å². The highest BCUT2D eigenvalue weighted by molar-refractivity contribution is 14.1. The number of aromatic nitrogens is 2. The number of hydrogen-bond acceptors (Lipinski definition) is 2. The quantitative estimate of drug-likeness (QED) is 0.347. The van der Waals surface area contributed by atoms with Crippen LogP contribution >= 0.6 is 22.6 Å². The van der Waals surface area contributed by atoms with Gasteiger partial charge in [-0.25, -0.2) is 9.37 Å². The average Bonchev–Trinajstić information content (AvgIpc) is 3.03. The van der Waals surface area contributed by atoms with Crippen LogP contribution in [0, 0.1) is 17.1 Å². The van der Waals surface area contributed by atoms with E-state index in [4.69, 9.17) is 4.98 Å². The van der Waals surface area contributed by atoms with Gasteiger partial charge in [0.2, 0.25) is 0 Å². The first kappa shape index (κ1) is 15.1. The van der Waals surface area contributed by atoms with Crippen LogP contribution in [0.2, 0.25) is 0 Å². The molecular weight excluding hydrogens is 416 g/mol. The molecule has 4 rings (SSSR count). The minimum atomic E-state index is -0.423. The number of nitrogens with one attached hydrogen (secondary N) is 1. The van der Waals surface area contributed by atoms with Crippen molar-refractivity contribution >= 4 is 44.4 Å². The molecule has 0 aliphatic carbocycles. The minimum Gasteiger partial charge on any atom is -0.359 e. The molecule has 116 valence electrons. The molecule has 5 heteroatoms. The first-order chi connectivity index (χ1) is 11.7. The number of para-hydroxylation sites is 1. The van der Waals surface area contributed by atoms with E-state index in [-0.39, 0.29) is 0 Å². The van der Waals surface area contributed by atoms with Crippen molar-refractivity contribution in [1.82, 2.24) is 9.97 Å². The number of fused-ring (bicyclic) bond motifs is 2. The van der Waals surface area contributed by atoms with E-state index in [1.807, 2.05) is 30.3 Å². The molecule has 0 saturated heterocycles. The Morgan fingerprint density at radius 3 is 2.88 bits per heavy atom. The van der Waals surface area contributed by atoms with Crippen LogP contribution in [0.3, 0.4) is 0 Å². The van der Waals surface area contributed by atoms with Gasteiger partial charge in [-0.15, -0.1) is 0 Å². The lowest BCUT2D eigenvalue weighted by molar-refractivity contribution is 0.629. The number of benzene rings is 2. The van der Waals surface area contributed by atoms with Gasteiger partial charge in [-0.05, 0) is 23.8 Å². The number of H-pyrrole nitrogens is 1. The van der Waals surface area contributed by atoms with Gasteiger partial charge in [0.1, 0.15) is 11.9 Å². The highest BCUT2D eigenvalue weighted by Gasteiger charge is 2.13. The molecule has 2 aromatic heterocycles. The van der Waals surface area contributed by atoms with Gasteiger partial charge in [-0.3, -0.25) is 0 Å². The number of hydrogen-bond donors (Lipinski definition) is 1. The summed E-state index contributed by atoms with van der Waals surface area (Å²) in [5.74, 6) is -0.423. The van der Waals surface area contributed by atoms with E-state index in [0.717, 1.165) is 26.6 Å². The lowest BCUT2D eigenvalue weighted by Crippen LogP contribution is -1.89. The molecule has 2 aromatic carbocycles. The van der Waals surface area contributed by atoms with E-state index in [9.17, 15) is 9.65 Å². The maximum absolute atomic E-state index is 13.8. The predicted octanol–water partition coefficient (Wildman–Crippen LogP) is 5.33. The fourth-order valence-electron chi connectivity index (χ4n) is 2.96. The van der Waals surface area contributed by atoms with Gasteiger partial charge in [0, 0.05) is 27.0 Å². The number of alkyl halides is 1. The first-order valence-electron chi connectivity index (χ1n) is 7.37. The van der Waals surface area contributed by atoms with Gasteiger partial charge in [-0.1, -0.05) is 46.9 Å². The lowest BCUT2D eigenvalue weighted by Gasteiger charge is -2.06. The number of nitriles is 1. The normalized spacial score (nSPS) is 11.0. The molecule has 0 atom stereocenters. The third-order valence-corrected chi connectivity index (χ3v) is 4.92. The maximum atomic E-state index is 13.8. The standard InChI is InChI=1S/C19H11FIN3/c20-14-6-13(9-22)19-15(7-14)16(10-23-19)17-5-4-11-2-1-3-12(8-21)18(11)24-17/h1-7,10,23H,8H2. The molecule has 0 aliphatic heterocycles. The zero-order chi connectivity index (χ0) is 16.7. The van der Waals surface area contributed by atoms with Gasteiger partial charge in [0.15, 0.2) is 0 Å². The smallest absolute Gasteiger partial charge is 0.125 e. The molecule has 0 saturated carbocycles. The predicted molar refractivity (Wildman–Crippen MR) is 101 cm³/mol. The van der Waals surface area contributed by atoms with Crippen LogP contribution in [-0.4, -0.2) is 9.97 Å². The van der Waals surface area contributed by atoms with E-state index in [1.54, 1.807) is 6.20 Å². The summed E-state index contributed by atoms with van der Waals surface area (Å²) in [6.45, 7) is 0. The van der Waals surface area contributed by atoms with Gasteiger partial charge < -0.3 is 4.98 Å². The van der Waals surface area contributed by atoms with Crippen molar-refractivity contribution in [3.05, 3.63) is 65.6 Å². The van der Waals surface area contributed by atoms with E-state index >= 15 is 0 Å². The molecule has 0 aliphatic rings. The molecule has 0 spiro atoms. The molecule has 3 nitrogen and oxygen atoms in total. The second-order valence-electron chi connectivity index (χ2n) is 5.51. The summed E-state index contributed by atoms with van der Waals surface area (Å²) in [7, 11) is 0. The van der Waals surface area contributed by atoms with E-state index in [0.29, 0.717) is 16.5 Å². The Morgan fingerprint density at radius 2 is 2.08 bits per heavy atom. The fourth-order valence-corrected chi connectivity index (χ4v) is 3.58. The third kappa shape index (κ3) is 2.34. The van der Waals surface area contributed by atoms with E-state index < -0.39 is 5.82 Å². The third-order valence-electron chi connectivity index (χ3n) is 4.10. The Bertz CT molecular complexity index is 1120. The van der Waals surface area contributed by atoms with E-state index in [2.05, 4.69) is 33.6 Å². The highest BCUT2D eigenvalue weighted by atomic mass is 127. The minimum absolute atomic E-state index is 0.296. The Balaban J connectivity index is 2.00. The van der Waals surface area contributed by atoms with Gasteiger partial charge in [0.25, 0.3) is 0 Å². The SMILES string of the molecule is N#Cc1cc(F)cc2c(-c3ccc4cccc(CI)c4n3)c[nH]c12. The second kappa shape index (κ2) is 5.87. The molecule has 0 radical (unpaired) electrons. The van der Waals surface area contributed by atoms with Crippen molar-refractivity contribution in [2.75, 3.05) is 0 Å². The number of aromatic amines is 1. The summed E-state index contributed by atoms with van der Waals surface area (Å²) < 4.78 is 14.7. The second-order valence-corrected chi connectivity index (χ2v) is 6.27. The van der Waals surface area contributed by atoms with Crippen LogP contribution in [0.4, 0.5) is 4.39 Å². The van der Waals surface area contributed by atoms with Crippen LogP contribution in [0.5, 0.6) is 0 Å². The van der Waals surface area contributed by atoms with Crippen LogP contribution in [0.25, 0.3) is 33.1 Å². The topological polar surface area (TPSA) is 52.5 Å². The molecule has 0 amide bonds. The van der Waals surface area contributed by atoms with Crippen molar-refractivity contribution < 1.29 is 4.39 Å². The maximum Gasteiger partial charge on any atom is 0.125 e. The monoisotopic (exact) mass is 427 g/mol. The van der Waals surface area contributed by atoms with Crippen molar-refractivity contribution in [1.29, 1.82) is 5.26 Å². The fraction of sp³-hybridized carbons (Fsp3) is 0.0526. The Hall–Kier alpha value is -2.46. The molecule has 1 N–H and O–H groups in total. The zero-order valence-corrected chi connectivity index (χ0v) is 14.6. The summed E-state index contributed by atoms with van der Waals surface area (Å²) in [5.41, 5.74) is 4.61. The van der Waals surface area contributed by atoms with Crippen molar-refractivity contribution in [2.45, 2.75) is 4.43 Å². The van der Waals surface area contributed by atoms with Gasteiger partial charge in [0.05, 0.1) is 22.3 Å². The summed E-state index contributed by atoms with van der Waals surface area (Å²) in [6, 6.07) is 14.8. The molecular formula is C19H11FIN3. The number of pyridine rings is 1. The number of halogens is 2. The van der Waals surface area contributed by atoms with Crippen LogP contribution in [-0.2, 0) is 4.43 Å². The van der Waals surface area contributed by atoms with Gasteiger partial charge >= 0.3 is 0 Å². The van der Waals surface area contributed by atoms with Gasteiger partial charge in [-0.2, -0.15) is 5.26 Å². The highest BCUT2D eigenvalue weighted by Crippen LogP contribution is 2.31. The number of nitrogens with zero attached hydrogens (tertiary/aromatic N) is 2. The summed E-state index contributed by atoms with van der Waals surface area (Å²) >= 11 is 2.32. The molecule has 0 fully saturated rings. The molecule has 0 bridgehead atoms. The summed E-state index contributed by atoms with van der Waals surface area (Å²) in [5, 5.41) is 10.9. The Morgan fingerprint density at radius 1 is 1.21 bits per heavy atom. The van der Waals surface area contributed by atoms with Crippen LogP contribution in [0.15, 0.2) is 48.7 Å². The van der Waals surface area contributed by atoms with Crippen LogP contribution in [0.1, 0.15) is 11.1 Å². The Kier molecular flexibility index (Phi) is 3.69.